The molecule has 0 atom stereocenters. The standard InChI is InChI=1S/C21H26N6O.HI/c1-3-7-19-26-20(28-27-19)17-9-6-8-16(14-17)15-25-21(22-2)24-13-11-18-10-4-5-12-23-18;/h4-6,8-10,12,14H,3,7,11,13,15H2,1-2H3,(H2,22,24,25);1H. The predicted molar refractivity (Wildman–Crippen MR) is 125 cm³/mol. The van der Waals surface area contributed by atoms with Gasteiger partial charge in [-0.25, -0.2) is 0 Å². The van der Waals surface area contributed by atoms with Crippen LogP contribution in [0.2, 0.25) is 0 Å². The molecule has 0 saturated carbocycles. The number of hydrogen-bond donors (Lipinski definition) is 2. The summed E-state index contributed by atoms with van der Waals surface area (Å²) in [6.07, 6.45) is 4.47. The fourth-order valence-corrected chi connectivity index (χ4v) is 2.77. The fourth-order valence-electron chi connectivity index (χ4n) is 2.77. The van der Waals surface area contributed by atoms with Crippen molar-refractivity contribution in [1.29, 1.82) is 0 Å². The van der Waals surface area contributed by atoms with E-state index in [9.17, 15) is 0 Å². The molecule has 2 N–H and O–H groups in total. The van der Waals surface area contributed by atoms with Crippen molar-refractivity contribution < 1.29 is 4.52 Å². The maximum absolute atomic E-state index is 5.38. The summed E-state index contributed by atoms with van der Waals surface area (Å²) in [4.78, 5) is 13.1. The molecule has 3 aromatic rings. The van der Waals surface area contributed by atoms with Crippen molar-refractivity contribution in [2.45, 2.75) is 32.7 Å². The first-order chi connectivity index (χ1) is 13.8. The number of aliphatic imine (C=N–C) groups is 1. The first-order valence-corrected chi connectivity index (χ1v) is 9.55. The number of benzene rings is 1. The third-order valence-corrected chi connectivity index (χ3v) is 4.20. The second-order valence-electron chi connectivity index (χ2n) is 6.39. The zero-order valence-corrected chi connectivity index (χ0v) is 19.1. The number of nitrogens with zero attached hydrogens (tertiary/aromatic N) is 4. The van der Waals surface area contributed by atoms with Crippen LogP contribution in [0.3, 0.4) is 0 Å². The Kier molecular flexibility index (Phi) is 9.55. The van der Waals surface area contributed by atoms with E-state index < -0.39 is 0 Å². The Bertz CT molecular complexity index is 897. The predicted octanol–water partition coefficient (Wildman–Crippen LogP) is 3.61. The van der Waals surface area contributed by atoms with Gasteiger partial charge in [0.05, 0.1) is 0 Å². The SMILES string of the molecule is CCCc1noc(-c2cccc(CNC(=NC)NCCc3ccccn3)c2)n1.I. The van der Waals surface area contributed by atoms with Crippen molar-refractivity contribution in [3.8, 4) is 11.5 Å². The van der Waals surface area contributed by atoms with Crippen molar-refractivity contribution in [1.82, 2.24) is 25.8 Å². The summed E-state index contributed by atoms with van der Waals surface area (Å²) in [5, 5.41) is 10.7. The van der Waals surface area contributed by atoms with Crippen LogP contribution in [0.4, 0.5) is 0 Å². The molecule has 2 aromatic heterocycles. The number of nitrogens with one attached hydrogen (secondary N) is 2. The van der Waals surface area contributed by atoms with E-state index in [0.717, 1.165) is 54.4 Å². The first kappa shape index (κ1) is 22.8. The average Bonchev–Trinajstić information content (AvgIpc) is 3.20. The third kappa shape index (κ3) is 7.12. The number of guanidine groups is 1. The first-order valence-electron chi connectivity index (χ1n) is 9.55. The van der Waals surface area contributed by atoms with Crippen LogP contribution in [0, 0.1) is 0 Å². The molecule has 2 heterocycles. The van der Waals surface area contributed by atoms with Gasteiger partial charge in [-0.15, -0.1) is 24.0 Å². The molecule has 0 radical (unpaired) electrons. The lowest BCUT2D eigenvalue weighted by Gasteiger charge is -2.12. The van der Waals surface area contributed by atoms with Crippen molar-refractivity contribution in [3.05, 3.63) is 65.7 Å². The molecule has 154 valence electrons. The Labute approximate surface area is 188 Å². The van der Waals surface area contributed by atoms with Gasteiger partial charge in [0.15, 0.2) is 11.8 Å². The third-order valence-electron chi connectivity index (χ3n) is 4.20. The molecule has 0 fully saturated rings. The van der Waals surface area contributed by atoms with Gasteiger partial charge in [-0.05, 0) is 36.2 Å². The summed E-state index contributed by atoms with van der Waals surface area (Å²) in [7, 11) is 1.76. The van der Waals surface area contributed by atoms with Crippen molar-refractivity contribution in [3.63, 3.8) is 0 Å². The van der Waals surface area contributed by atoms with E-state index in [1.807, 2.05) is 36.5 Å². The largest absolute Gasteiger partial charge is 0.356 e. The topological polar surface area (TPSA) is 88.2 Å². The molecule has 8 heteroatoms. The normalized spacial score (nSPS) is 11.0. The highest BCUT2D eigenvalue weighted by Gasteiger charge is 2.09. The van der Waals surface area contributed by atoms with E-state index in [-0.39, 0.29) is 24.0 Å². The molecular weight excluding hydrogens is 479 g/mol. The summed E-state index contributed by atoms with van der Waals surface area (Å²) in [5.74, 6) is 2.06. The van der Waals surface area contributed by atoms with Crippen LogP contribution in [0.5, 0.6) is 0 Å². The quantitative estimate of drug-likeness (QED) is 0.276. The fraction of sp³-hybridized carbons (Fsp3) is 0.333. The number of halogens is 1. The lowest BCUT2D eigenvalue weighted by molar-refractivity contribution is 0.422. The smallest absolute Gasteiger partial charge is 0.257 e. The summed E-state index contributed by atoms with van der Waals surface area (Å²) in [6.45, 7) is 3.51. The summed E-state index contributed by atoms with van der Waals surface area (Å²) in [6, 6.07) is 14.0. The van der Waals surface area contributed by atoms with Crippen molar-refractivity contribution in [2.24, 2.45) is 4.99 Å². The van der Waals surface area contributed by atoms with Crippen LogP contribution in [0.1, 0.15) is 30.4 Å². The van der Waals surface area contributed by atoms with Gasteiger partial charge in [0, 0.05) is 50.4 Å². The van der Waals surface area contributed by atoms with Gasteiger partial charge in [-0.3, -0.25) is 9.98 Å². The summed E-state index contributed by atoms with van der Waals surface area (Å²) >= 11 is 0. The highest BCUT2D eigenvalue weighted by Crippen LogP contribution is 2.19. The number of rotatable bonds is 8. The van der Waals surface area contributed by atoms with Gasteiger partial charge < -0.3 is 15.2 Å². The molecule has 1 aromatic carbocycles. The van der Waals surface area contributed by atoms with Crippen LogP contribution in [-0.4, -0.2) is 34.7 Å². The molecule has 7 nitrogen and oxygen atoms in total. The van der Waals surface area contributed by atoms with Gasteiger partial charge in [0.2, 0.25) is 0 Å². The van der Waals surface area contributed by atoms with Crippen LogP contribution >= 0.6 is 24.0 Å². The van der Waals surface area contributed by atoms with Gasteiger partial charge >= 0.3 is 0 Å². The molecule has 0 aliphatic heterocycles. The highest BCUT2D eigenvalue weighted by molar-refractivity contribution is 14.0. The minimum absolute atomic E-state index is 0. The Morgan fingerprint density at radius 3 is 2.76 bits per heavy atom. The van der Waals surface area contributed by atoms with E-state index in [4.69, 9.17) is 4.52 Å². The van der Waals surface area contributed by atoms with E-state index in [0.29, 0.717) is 12.4 Å². The second kappa shape index (κ2) is 12.2. The van der Waals surface area contributed by atoms with Gasteiger partial charge in [-0.1, -0.05) is 30.3 Å². The molecular formula is C21H27IN6O. The van der Waals surface area contributed by atoms with Crippen molar-refractivity contribution >= 4 is 29.9 Å². The van der Waals surface area contributed by atoms with Crippen molar-refractivity contribution in [2.75, 3.05) is 13.6 Å². The van der Waals surface area contributed by atoms with E-state index in [1.165, 1.54) is 0 Å². The van der Waals surface area contributed by atoms with Crippen LogP contribution in [-0.2, 0) is 19.4 Å². The Balaban J connectivity index is 0.00000300. The molecule has 0 aliphatic rings. The molecule has 0 bridgehead atoms. The van der Waals surface area contributed by atoms with E-state index in [1.54, 1.807) is 7.05 Å². The van der Waals surface area contributed by atoms with Gasteiger partial charge in [0.25, 0.3) is 5.89 Å². The zero-order chi connectivity index (χ0) is 19.6. The molecule has 29 heavy (non-hydrogen) atoms. The maximum atomic E-state index is 5.38. The van der Waals surface area contributed by atoms with Crippen LogP contribution in [0.15, 0.2) is 58.2 Å². The van der Waals surface area contributed by atoms with Gasteiger partial charge in [0.1, 0.15) is 0 Å². The molecule has 3 rings (SSSR count). The molecule has 0 unspecified atom stereocenters. The Hall–Kier alpha value is -2.49. The Morgan fingerprint density at radius 1 is 1.10 bits per heavy atom. The van der Waals surface area contributed by atoms with Crippen LogP contribution in [0.25, 0.3) is 11.5 Å². The maximum Gasteiger partial charge on any atom is 0.257 e. The highest BCUT2D eigenvalue weighted by atomic mass is 127. The number of aryl methyl sites for hydroxylation is 1. The van der Waals surface area contributed by atoms with E-state index >= 15 is 0 Å². The summed E-state index contributed by atoms with van der Waals surface area (Å²) < 4.78 is 5.38. The molecule has 0 saturated heterocycles. The zero-order valence-electron chi connectivity index (χ0n) is 16.8. The number of pyridine rings is 1. The average molecular weight is 506 g/mol. The Morgan fingerprint density at radius 2 is 2.00 bits per heavy atom. The lowest BCUT2D eigenvalue weighted by atomic mass is 10.1. The van der Waals surface area contributed by atoms with Crippen LogP contribution < -0.4 is 10.6 Å². The van der Waals surface area contributed by atoms with E-state index in [2.05, 4.69) is 49.8 Å². The minimum Gasteiger partial charge on any atom is -0.356 e. The molecule has 0 spiro atoms. The monoisotopic (exact) mass is 506 g/mol. The number of hydrogen-bond acceptors (Lipinski definition) is 5. The molecule has 0 amide bonds. The second-order valence-corrected chi connectivity index (χ2v) is 6.39. The lowest BCUT2D eigenvalue weighted by Crippen LogP contribution is -2.37. The minimum atomic E-state index is 0. The number of aromatic nitrogens is 3. The molecule has 0 aliphatic carbocycles. The summed E-state index contributed by atoms with van der Waals surface area (Å²) in [5.41, 5.74) is 3.09. The van der Waals surface area contributed by atoms with Gasteiger partial charge in [-0.2, -0.15) is 4.98 Å².